The van der Waals surface area contributed by atoms with Gasteiger partial charge < -0.3 is 15.2 Å². The molecule has 2 N–H and O–H groups in total. The fraction of sp³-hybridized carbons (Fsp3) is 0.200. The molecule has 0 saturated carbocycles. The van der Waals surface area contributed by atoms with E-state index in [4.69, 9.17) is 21.4 Å². The third-order valence-electron chi connectivity index (χ3n) is 1.73. The number of rotatable bonds is 4. The van der Waals surface area contributed by atoms with Crippen molar-refractivity contribution in [2.24, 2.45) is 0 Å². The van der Waals surface area contributed by atoms with Gasteiger partial charge in [-0.2, -0.15) is 0 Å². The highest BCUT2D eigenvalue weighted by Gasteiger charge is 2.09. The average molecular weight is 262 g/mol. The third-order valence-corrected chi connectivity index (χ3v) is 2.03. The lowest BCUT2D eigenvalue weighted by molar-refractivity contribution is -0.150. The van der Waals surface area contributed by atoms with E-state index in [0.29, 0.717) is 0 Å². The molecule has 1 amide bonds. The molecule has 0 aromatic heterocycles. The summed E-state index contributed by atoms with van der Waals surface area (Å²) in [5.74, 6) is -2.90. The van der Waals surface area contributed by atoms with E-state index in [-0.39, 0.29) is 23.9 Å². The van der Waals surface area contributed by atoms with E-state index in [1.54, 1.807) is 0 Å². The number of carboxylic acid groups (broad SMARTS) is 1. The van der Waals surface area contributed by atoms with Gasteiger partial charge in [0.1, 0.15) is 18.2 Å². The van der Waals surface area contributed by atoms with Crippen molar-refractivity contribution in [3.8, 4) is 5.75 Å². The van der Waals surface area contributed by atoms with Crippen molar-refractivity contribution in [2.75, 3.05) is 13.2 Å². The van der Waals surface area contributed by atoms with Crippen LogP contribution in [0.1, 0.15) is 0 Å². The normalized spacial score (nSPS) is 9.76. The maximum atomic E-state index is 12.7. The highest BCUT2D eigenvalue weighted by molar-refractivity contribution is 6.32. The van der Waals surface area contributed by atoms with Gasteiger partial charge in [0.05, 0.1) is 11.6 Å². The van der Waals surface area contributed by atoms with Gasteiger partial charge in [0.15, 0.2) is 0 Å². The number of ether oxygens (including phenoxy) is 1. The Bertz CT molecular complexity index is 438. The first-order valence-electron chi connectivity index (χ1n) is 4.59. The average Bonchev–Trinajstić information content (AvgIpc) is 2.26. The molecule has 1 rings (SSSR count). The summed E-state index contributed by atoms with van der Waals surface area (Å²) in [5.41, 5.74) is 0. The van der Waals surface area contributed by atoms with Crippen LogP contribution in [0.5, 0.6) is 5.75 Å². The van der Waals surface area contributed by atoms with E-state index in [2.05, 4.69) is 5.32 Å². The zero-order chi connectivity index (χ0) is 12.8. The smallest absolute Gasteiger partial charge is 0.394 e. The first-order chi connectivity index (χ1) is 8.00. The van der Waals surface area contributed by atoms with Crippen molar-refractivity contribution in [1.82, 2.24) is 5.32 Å². The number of carbonyl (C=O) groups is 2. The predicted molar refractivity (Wildman–Crippen MR) is 57.6 cm³/mol. The molecule has 17 heavy (non-hydrogen) atoms. The molecule has 0 fully saturated rings. The topological polar surface area (TPSA) is 75.6 Å². The quantitative estimate of drug-likeness (QED) is 0.628. The van der Waals surface area contributed by atoms with Crippen molar-refractivity contribution in [1.29, 1.82) is 0 Å². The summed E-state index contributed by atoms with van der Waals surface area (Å²) in [7, 11) is 0. The minimum Gasteiger partial charge on any atom is -0.490 e. The summed E-state index contributed by atoms with van der Waals surface area (Å²) < 4.78 is 17.8. The van der Waals surface area contributed by atoms with Crippen LogP contribution in [0, 0.1) is 5.82 Å². The molecule has 0 atom stereocenters. The van der Waals surface area contributed by atoms with Crippen LogP contribution < -0.4 is 10.1 Å². The first kappa shape index (κ1) is 13.2. The summed E-state index contributed by atoms with van der Waals surface area (Å²) in [4.78, 5) is 20.8. The lowest BCUT2D eigenvalue weighted by Crippen LogP contribution is -2.33. The number of carboxylic acids is 1. The van der Waals surface area contributed by atoms with Crippen molar-refractivity contribution >= 4 is 23.5 Å². The van der Waals surface area contributed by atoms with Gasteiger partial charge in [-0.05, 0) is 18.2 Å². The number of hydrogen-bond donors (Lipinski definition) is 2. The van der Waals surface area contributed by atoms with E-state index in [1.165, 1.54) is 12.1 Å². The maximum Gasteiger partial charge on any atom is 0.394 e. The van der Waals surface area contributed by atoms with E-state index >= 15 is 0 Å². The van der Waals surface area contributed by atoms with E-state index in [0.717, 1.165) is 6.07 Å². The van der Waals surface area contributed by atoms with E-state index in [9.17, 15) is 14.0 Å². The van der Waals surface area contributed by atoms with Crippen molar-refractivity contribution in [3.05, 3.63) is 29.0 Å². The van der Waals surface area contributed by atoms with Gasteiger partial charge in [0.2, 0.25) is 0 Å². The highest BCUT2D eigenvalue weighted by Crippen LogP contribution is 2.24. The Morgan fingerprint density at radius 2 is 2.18 bits per heavy atom. The zero-order valence-electron chi connectivity index (χ0n) is 8.57. The van der Waals surface area contributed by atoms with Gasteiger partial charge in [-0.3, -0.25) is 4.79 Å². The van der Waals surface area contributed by atoms with Crippen molar-refractivity contribution in [3.63, 3.8) is 0 Å². The summed E-state index contributed by atoms with van der Waals surface area (Å²) in [5, 5.41) is 10.5. The summed E-state index contributed by atoms with van der Waals surface area (Å²) in [6.07, 6.45) is 0. The fourth-order valence-electron chi connectivity index (χ4n) is 0.993. The molecule has 0 spiro atoms. The maximum absolute atomic E-state index is 12.7. The lowest BCUT2D eigenvalue weighted by Gasteiger charge is -2.07. The minimum absolute atomic E-state index is 0.0127. The second kappa shape index (κ2) is 6.05. The monoisotopic (exact) mass is 261 g/mol. The Balaban J connectivity index is 2.36. The van der Waals surface area contributed by atoms with E-state index < -0.39 is 17.7 Å². The van der Waals surface area contributed by atoms with Gasteiger partial charge in [0, 0.05) is 0 Å². The van der Waals surface area contributed by atoms with Gasteiger partial charge in [-0.15, -0.1) is 0 Å². The van der Waals surface area contributed by atoms with Crippen LogP contribution in [0.3, 0.4) is 0 Å². The molecule has 1 aromatic carbocycles. The molecular weight excluding hydrogens is 253 g/mol. The predicted octanol–water partition coefficient (Wildman–Crippen LogP) is 1.06. The standard InChI is InChI=1S/C10H9ClFNO4/c11-7-5-6(12)1-2-8(7)17-4-3-13-9(14)10(15)16/h1-2,5H,3-4H2,(H,13,14)(H,15,16). The van der Waals surface area contributed by atoms with E-state index in [1.807, 2.05) is 0 Å². The first-order valence-corrected chi connectivity index (χ1v) is 4.97. The molecule has 92 valence electrons. The highest BCUT2D eigenvalue weighted by atomic mass is 35.5. The Hall–Kier alpha value is -1.82. The largest absolute Gasteiger partial charge is 0.490 e. The molecule has 0 bridgehead atoms. The number of halogens is 2. The van der Waals surface area contributed by atoms with Crippen LogP contribution in [0.25, 0.3) is 0 Å². The van der Waals surface area contributed by atoms with Crippen molar-refractivity contribution in [2.45, 2.75) is 0 Å². The van der Waals surface area contributed by atoms with Gasteiger partial charge in [-0.25, -0.2) is 9.18 Å². The molecule has 0 aliphatic carbocycles. The number of carbonyl (C=O) groups excluding carboxylic acids is 1. The fourth-order valence-corrected chi connectivity index (χ4v) is 1.22. The Labute approximate surface area is 101 Å². The van der Waals surface area contributed by atoms with Gasteiger partial charge in [-0.1, -0.05) is 11.6 Å². The van der Waals surface area contributed by atoms with Gasteiger partial charge >= 0.3 is 11.9 Å². The van der Waals surface area contributed by atoms with Crippen LogP contribution >= 0.6 is 11.6 Å². The van der Waals surface area contributed by atoms with Crippen LogP contribution in [-0.4, -0.2) is 30.1 Å². The van der Waals surface area contributed by atoms with Gasteiger partial charge in [0.25, 0.3) is 0 Å². The number of nitrogens with one attached hydrogen (secondary N) is 1. The molecule has 0 aliphatic heterocycles. The van der Waals surface area contributed by atoms with Crippen LogP contribution in [-0.2, 0) is 9.59 Å². The molecule has 1 aromatic rings. The molecule has 0 heterocycles. The van der Waals surface area contributed by atoms with Crippen LogP contribution in [0.4, 0.5) is 4.39 Å². The summed E-state index contributed by atoms with van der Waals surface area (Å²) in [6.45, 7) is 0.0449. The SMILES string of the molecule is O=C(O)C(=O)NCCOc1ccc(F)cc1Cl. The molecular formula is C10H9ClFNO4. The Kier molecular flexibility index (Phi) is 4.71. The second-order valence-corrected chi connectivity index (χ2v) is 3.39. The van der Waals surface area contributed by atoms with Crippen LogP contribution in [0.15, 0.2) is 18.2 Å². The minimum atomic E-state index is -1.56. The number of benzene rings is 1. The summed E-state index contributed by atoms with van der Waals surface area (Å²) >= 11 is 5.67. The number of hydrogen-bond acceptors (Lipinski definition) is 3. The Morgan fingerprint density at radius 3 is 2.76 bits per heavy atom. The summed E-state index contributed by atoms with van der Waals surface area (Å²) in [6, 6.07) is 3.61. The van der Waals surface area contributed by atoms with Crippen molar-refractivity contribution < 1.29 is 23.8 Å². The lowest BCUT2D eigenvalue weighted by atomic mass is 10.3. The molecule has 5 nitrogen and oxygen atoms in total. The second-order valence-electron chi connectivity index (χ2n) is 2.98. The Morgan fingerprint density at radius 1 is 1.47 bits per heavy atom. The molecule has 7 heteroatoms. The molecule has 0 aliphatic rings. The zero-order valence-corrected chi connectivity index (χ0v) is 9.33. The third kappa shape index (κ3) is 4.28. The molecule has 0 radical (unpaired) electrons. The van der Waals surface area contributed by atoms with Crippen LogP contribution in [0.2, 0.25) is 5.02 Å². The molecule has 0 saturated heterocycles. The molecule has 0 unspecified atom stereocenters. The number of aliphatic carboxylic acids is 1. The number of amides is 1.